The van der Waals surface area contributed by atoms with Crippen molar-refractivity contribution in [3.05, 3.63) is 35.9 Å². The molecule has 1 aromatic rings. The summed E-state index contributed by atoms with van der Waals surface area (Å²) in [6.45, 7) is 3.93. The number of nitrogens with zero attached hydrogens (tertiary/aromatic N) is 1. The second kappa shape index (κ2) is 8.62. The number of urea groups is 1. The first kappa shape index (κ1) is 18.9. The third-order valence-electron chi connectivity index (χ3n) is 4.55. The Kier molecular flexibility index (Phi) is 6.52. The molecule has 3 atom stereocenters. The number of hydrogen-bond acceptors (Lipinski definition) is 4. The predicted molar refractivity (Wildman–Crippen MR) is 92.4 cm³/mol. The van der Waals surface area contributed by atoms with Crippen molar-refractivity contribution in [1.29, 1.82) is 0 Å². The Hall–Kier alpha value is -2.41. The normalized spacial score (nSPS) is 19.5. The Bertz CT molecular complexity index is 620. The van der Waals surface area contributed by atoms with Gasteiger partial charge >= 0.3 is 6.03 Å². The molecule has 1 aliphatic heterocycles. The molecule has 0 saturated carbocycles. The zero-order valence-electron chi connectivity index (χ0n) is 14.6. The lowest BCUT2D eigenvalue weighted by molar-refractivity contribution is -0.131. The van der Waals surface area contributed by atoms with E-state index in [-0.39, 0.29) is 37.4 Å². The number of hydrogen-bond donors (Lipinski definition) is 3. The molecule has 0 unspecified atom stereocenters. The Morgan fingerprint density at radius 3 is 2.60 bits per heavy atom. The van der Waals surface area contributed by atoms with Crippen LogP contribution in [0.4, 0.5) is 4.79 Å². The van der Waals surface area contributed by atoms with E-state index in [0.29, 0.717) is 0 Å². The molecule has 0 aliphatic carbocycles. The van der Waals surface area contributed by atoms with Gasteiger partial charge in [0.2, 0.25) is 5.91 Å². The van der Waals surface area contributed by atoms with Crippen LogP contribution in [0.2, 0.25) is 0 Å². The molecule has 0 radical (unpaired) electrons. The molecule has 2 rings (SSSR count). The molecule has 4 amide bonds. The summed E-state index contributed by atoms with van der Waals surface area (Å²) in [6.07, 6.45) is 0.679. The summed E-state index contributed by atoms with van der Waals surface area (Å²) in [6, 6.07) is 7.48. The van der Waals surface area contributed by atoms with Crippen LogP contribution < -0.4 is 10.6 Å². The fraction of sp³-hybridized carbons (Fsp3) is 0.500. The quantitative estimate of drug-likeness (QED) is 0.612. The SMILES string of the molecule is CC[C@H](C)[C@@H](CO)NC(=O)C[C@@H]1NC(=O)N(Cc2ccccc2)C1=O. The number of imide groups is 1. The second-order valence-corrected chi connectivity index (χ2v) is 6.36. The van der Waals surface area contributed by atoms with E-state index >= 15 is 0 Å². The third-order valence-corrected chi connectivity index (χ3v) is 4.55. The van der Waals surface area contributed by atoms with Gasteiger partial charge in [0.1, 0.15) is 6.04 Å². The fourth-order valence-electron chi connectivity index (χ4n) is 2.73. The van der Waals surface area contributed by atoms with Gasteiger partial charge in [0, 0.05) is 0 Å². The van der Waals surface area contributed by atoms with Gasteiger partial charge in [0.25, 0.3) is 5.91 Å². The molecule has 1 aliphatic rings. The Morgan fingerprint density at radius 2 is 2.00 bits per heavy atom. The summed E-state index contributed by atoms with van der Waals surface area (Å²) < 4.78 is 0. The maximum absolute atomic E-state index is 12.4. The fourth-order valence-corrected chi connectivity index (χ4v) is 2.73. The lowest BCUT2D eigenvalue weighted by atomic mass is 9.99. The van der Waals surface area contributed by atoms with Crippen molar-refractivity contribution < 1.29 is 19.5 Å². The summed E-state index contributed by atoms with van der Waals surface area (Å²) in [5.41, 5.74) is 0.841. The first-order valence-electron chi connectivity index (χ1n) is 8.52. The Labute approximate surface area is 147 Å². The number of aliphatic hydroxyl groups is 1. The number of benzene rings is 1. The molecule has 25 heavy (non-hydrogen) atoms. The molecule has 0 bridgehead atoms. The van der Waals surface area contributed by atoms with Crippen LogP contribution in [0.25, 0.3) is 0 Å². The number of carbonyl (C=O) groups excluding carboxylic acids is 3. The van der Waals surface area contributed by atoms with Crippen LogP contribution in [-0.4, -0.2) is 46.5 Å². The van der Waals surface area contributed by atoms with Crippen molar-refractivity contribution in [2.75, 3.05) is 6.61 Å². The molecule has 136 valence electrons. The number of nitrogens with one attached hydrogen (secondary N) is 2. The minimum atomic E-state index is -0.868. The highest BCUT2D eigenvalue weighted by molar-refractivity contribution is 6.05. The Morgan fingerprint density at radius 1 is 1.32 bits per heavy atom. The van der Waals surface area contributed by atoms with E-state index in [1.54, 1.807) is 0 Å². The molecule has 1 fully saturated rings. The van der Waals surface area contributed by atoms with E-state index < -0.39 is 18.0 Å². The van der Waals surface area contributed by atoms with E-state index in [2.05, 4.69) is 10.6 Å². The van der Waals surface area contributed by atoms with E-state index in [1.807, 2.05) is 44.2 Å². The molecular weight excluding hydrogens is 322 g/mol. The maximum Gasteiger partial charge on any atom is 0.325 e. The van der Waals surface area contributed by atoms with E-state index in [1.165, 1.54) is 0 Å². The van der Waals surface area contributed by atoms with Crippen molar-refractivity contribution in [2.45, 2.75) is 45.3 Å². The number of aliphatic hydroxyl groups excluding tert-OH is 1. The van der Waals surface area contributed by atoms with Gasteiger partial charge in [-0.1, -0.05) is 50.6 Å². The molecule has 1 heterocycles. The second-order valence-electron chi connectivity index (χ2n) is 6.36. The molecule has 0 aromatic heterocycles. The van der Waals surface area contributed by atoms with Gasteiger partial charge < -0.3 is 15.7 Å². The molecule has 3 N–H and O–H groups in total. The van der Waals surface area contributed by atoms with Crippen molar-refractivity contribution in [3.63, 3.8) is 0 Å². The number of rotatable bonds is 8. The standard InChI is InChI=1S/C18H25N3O4/c1-3-12(2)15(11-22)19-16(23)9-14-17(24)21(18(25)20-14)10-13-7-5-4-6-8-13/h4-8,12,14-15,22H,3,9-11H2,1-2H3,(H,19,23)(H,20,25)/t12-,14-,15+/m0/s1. The van der Waals surface area contributed by atoms with Gasteiger partial charge in [0.15, 0.2) is 0 Å². The van der Waals surface area contributed by atoms with Gasteiger partial charge in [0.05, 0.1) is 25.6 Å². The van der Waals surface area contributed by atoms with Crippen LogP contribution in [0.1, 0.15) is 32.3 Å². The summed E-state index contributed by atoms with van der Waals surface area (Å²) in [5.74, 6) is -0.648. The lowest BCUT2D eigenvalue weighted by Crippen LogP contribution is -2.44. The van der Waals surface area contributed by atoms with Crippen molar-refractivity contribution >= 4 is 17.8 Å². The summed E-state index contributed by atoms with van der Waals surface area (Å²) in [7, 11) is 0. The minimum Gasteiger partial charge on any atom is -0.394 e. The molecule has 0 spiro atoms. The maximum atomic E-state index is 12.4. The highest BCUT2D eigenvalue weighted by atomic mass is 16.3. The van der Waals surface area contributed by atoms with E-state index in [4.69, 9.17) is 0 Å². The lowest BCUT2D eigenvalue weighted by Gasteiger charge is -2.22. The molecule has 1 saturated heterocycles. The van der Waals surface area contributed by atoms with Gasteiger partial charge in [-0.15, -0.1) is 0 Å². The zero-order valence-corrected chi connectivity index (χ0v) is 14.6. The number of carbonyl (C=O) groups is 3. The molecule has 7 nitrogen and oxygen atoms in total. The number of amides is 4. The topological polar surface area (TPSA) is 98.7 Å². The highest BCUT2D eigenvalue weighted by Crippen LogP contribution is 2.14. The van der Waals surface area contributed by atoms with Gasteiger partial charge in [-0.05, 0) is 11.5 Å². The van der Waals surface area contributed by atoms with Crippen molar-refractivity contribution in [3.8, 4) is 0 Å². The van der Waals surface area contributed by atoms with Gasteiger partial charge in [-0.2, -0.15) is 0 Å². The first-order chi connectivity index (χ1) is 12.0. The van der Waals surface area contributed by atoms with Gasteiger partial charge in [-0.3, -0.25) is 14.5 Å². The monoisotopic (exact) mass is 347 g/mol. The average Bonchev–Trinajstić information content (AvgIpc) is 2.87. The molecule has 1 aromatic carbocycles. The minimum absolute atomic E-state index is 0.123. The summed E-state index contributed by atoms with van der Waals surface area (Å²) in [5, 5.41) is 14.7. The molecule has 7 heteroatoms. The highest BCUT2D eigenvalue weighted by Gasteiger charge is 2.39. The summed E-state index contributed by atoms with van der Waals surface area (Å²) in [4.78, 5) is 37.7. The van der Waals surface area contributed by atoms with Crippen molar-refractivity contribution in [1.82, 2.24) is 15.5 Å². The largest absolute Gasteiger partial charge is 0.394 e. The van der Waals surface area contributed by atoms with E-state index in [0.717, 1.165) is 16.9 Å². The van der Waals surface area contributed by atoms with Crippen LogP contribution >= 0.6 is 0 Å². The zero-order chi connectivity index (χ0) is 18.4. The van der Waals surface area contributed by atoms with Crippen LogP contribution in [0.15, 0.2) is 30.3 Å². The van der Waals surface area contributed by atoms with Crippen LogP contribution in [0, 0.1) is 5.92 Å². The average molecular weight is 347 g/mol. The van der Waals surface area contributed by atoms with E-state index in [9.17, 15) is 19.5 Å². The van der Waals surface area contributed by atoms with Crippen molar-refractivity contribution in [2.24, 2.45) is 5.92 Å². The predicted octanol–water partition coefficient (Wildman–Crippen LogP) is 1.02. The Balaban J connectivity index is 1.94. The first-order valence-corrected chi connectivity index (χ1v) is 8.52. The van der Waals surface area contributed by atoms with Crippen LogP contribution in [-0.2, 0) is 16.1 Å². The third kappa shape index (κ3) is 4.79. The molecular formula is C18H25N3O4. The van der Waals surface area contributed by atoms with Gasteiger partial charge in [-0.25, -0.2) is 4.79 Å². The smallest absolute Gasteiger partial charge is 0.325 e. The van der Waals surface area contributed by atoms with Crippen LogP contribution in [0.5, 0.6) is 0 Å². The van der Waals surface area contributed by atoms with Crippen LogP contribution in [0.3, 0.4) is 0 Å². The summed E-state index contributed by atoms with van der Waals surface area (Å²) >= 11 is 0.